The van der Waals surface area contributed by atoms with E-state index < -0.39 is 10.0 Å². The van der Waals surface area contributed by atoms with Crippen LogP contribution in [0.4, 0.5) is 0 Å². The summed E-state index contributed by atoms with van der Waals surface area (Å²) in [6, 6.07) is 14.2. The molecule has 0 atom stereocenters. The summed E-state index contributed by atoms with van der Waals surface area (Å²) in [5, 5.41) is 0. The van der Waals surface area contributed by atoms with Crippen molar-refractivity contribution in [3.8, 4) is 17.2 Å². The molecule has 7 heteroatoms. The third-order valence-corrected chi connectivity index (χ3v) is 5.64. The van der Waals surface area contributed by atoms with Crippen LogP contribution in [0.1, 0.15) is 17.0 Å². The first-order valence-corrected chi connectivity index (χ1v) is 10.0. The van der Waals surface area contributed by atoms with Gasteiger partial charge in [0.2, 0.25) is 15.9 Å². The monoisotopic (exact) mass is 386 g/mol. The largest absolute Gasteiger partial charge is 0.497 e. The zero-order valence-electron chi connectivity index (χ0n) is 15.5. The summed E-state index contributed by atoms with van der Waals surface area (Å²) < 4.78 is 38.3. The first kappa shape index (κ1) is 19.1. The molecule has 0 fully saturated rings. The summed E-state index contributed by atoms with van der Waals surface area (Å²) in [5.74, 6) is 1.94. The van der Waals surface area contributed by atoms with Gasteiger partial charge in [-0.05, 0) is 55.8 Å². The van der Waals surface area contributed by atoms with Crippen LogP contribution in [0.15, 0.2) is 57.8 Å². The number of ether oxygens (including phenoxy) is 1. The second kappa shape index (κ2) is 7.94. The maximum atomic E-state index is 12.4. The molecule has 142 valence electrons. The number of aryl methyl sites for hydroxylation is 2. The molecule has 1 heterocycles. The molecule has 0 amide bonds. The summed E-state index contributed by atoms with van der Waals surface area (Å²) in [6.07, 6.45) is 0.441. The Morgan fingerprint density at radius 1 is 1.11 bits per heavy atom. The fourth-order valence-corrected chi connectivity index (χ4v) is 3.82. The normalized spacial score (nSPS) is 11.5. The van der Waals surface area contributed by atoms with Gasteiger partial charge in [0.15, 0.2) is 0 Å². The first-order chi connectivity index (χ1) is 12.9. The molecule has 1 N–H and O–H groups in total. The summed E-state index contributed by atoms with van der Waals surface area (Å²) in [7, 11) is -1.93. The maximum Gasteiger partial charge on any atom is 0.240 e. The van der Waals surface area contributed by atoms with E-state index in [1.807, 2.05) is 44.2 Å². The van der Waals surface area contributed by atoms with Gasteiger partial charge in [-0.15, -0.1) is 0 Å². The molecular weight excluding hydrogens is 364 g/mol. The third-order valence-electron chi connectivity index (χ3n) is 4.18. The second-order valence-electron chi connectivity index (χ2n) is 6.21. The third kappa shape index (κ3) is 4.56. The second-order valence-corrected chi connectivity index (χ2v) is 7.98. The van der Waals surface area contributed by atoms with E-state index >= 15 is 0 Å². The summed E-state index contributed by atoms with van der Waals surface area (Å²) in [5.41, 5.74) is 2.47. The molecule has 0 radical (unpaired) electrons. The molecule has 0 saturated carbocycles. The molecular formula is C20H22N2O4S. The van der Waals surface area contributed by atoms with Gasteiger partial charge in [-0.25, -0.2) is 18.1 Å². The zero-order valence-corrected chi connectivity index (χ0v) is 16.3. The van der Waals surface area contributed by atoms with Gasteiger partial charge in [0.25, 0.3) is 0 Å². The van der Waals surface area contributed by atoms with Crippen LogP contribution in [0.25, 0.3) is 11.5 Å². The highest BCUT2D eigenvalue weighted by Gasteiger charge is 2.16. The Labute approximate surface area is 159 Å². The van der Waals surface area contributed by atoms with Crippen LogP contribution in [-0.2, 0) is 16.4 Å². The summed E-state index contributed by atoms with van der Waals surface area (Å²) in [4.78, 5) is 4.76. The van der Waals surface area contributed by atoms with Crippen molar-refractivity contribution in [2.24, 2.45) is 0 Å². The van der Waals surface area contributed by atoms with Crippen LogP contribution in [-0.4, -0.2) is 27.1 Å². The molecule has 0 bridgehead atoms. The van der Waals surface area contributed by atoms with Gasteiger partial charge in [0, 0.05) is 18.5 Å². The van der Waals surface area contributed by atoms with Crippen LogP contribution < -0.4 is 9.46 Å². The minimum Gasteiger partial charge on any atom is -0.497 e. The van der Waals surface area contributed by atoms with E-state index in [1.165, 1.54) is 0 Å². The number of nitrogens with zero attached hydrogens (tertiary/aromatic N) is 1. The lowest BCUT2D eigenvalue weighted by Gasteiger charge is -2.06. The van der Waals surface area contributed by atoms with Gasteiger partial charge in [0.05, 0.1) is 17.7 Å². The summed E-state index contributed by atoms with van der Waals surface area (Å²) >= 11 is 0. The number of benzene rings is 2. The predicted molar refractivity (Wildman–Crippen MR) is 103 cm³/mol. The molecule has 0 spiro atoms. The van der Waals surface area contributed by atoms with Crippen LogP contribution >= 0.6 is 0 Å². The van der Waals surface area contributed by atoms with E-state index in [1.54, 1.807) is 25.3 Å². The smallest absolute Gasteiger partial charge is 0.240 e. The number of hydrogen-bond donors (Lipinski definition) is 1. The van der Waals surface area contributed by atoms with Crippen LogP contribution in [0.3, 0.4) is 0 Å². The van der Waals surface area contributed by atoms with Gasteiger partial charge in [-0.1, -0.05) is 12.1 Å². The number of aromatic nitrogens is 1. The molecule has 3 rings (SSSR count). The Balaban J connectivity index is 1.67. The topological polar surface area (TPSA) is 81.4 Å². The van der Waals surface area contributed by atoms with Gasteiger partial charge < -0.3 is 9.15 Å². The van der Waals surface area contributed by atoms with Crippen LogP contribution in [0.5, 0.6) is 5.75 Å². The van der Waals surface area contributed by atoms with Crippen molar-refractivity contribution in [1.82, 2.24) is 9.71 Å². The molecule has 0 aliphatic heterocycles. The highest BCUT2D eigenvalue weighted by atomic mass is 32.2. The van der Waals surface area contributed by atoms with E-state index in [9.17, 15) is 8.42 Å². The molecule has 27 heavy (non-hydrogen) atoms. The van der Waals surface area contributed by atoms with Crippen molar-refractivity contribution in [3.05, 3.63) is 65.5 Å². The molecule has 0 aliphatic rings. The van der Waals surface area contributed by atoms with E-state index in [0.717, 1.165) is 22.6 Å². The van der Waals surface area contributed by atoms with Crippen molar-refractivity contribution < 1.29 is 17.6 Å². The van der Waals surface area contributed by atoms with E-state index in [4.69, 9.17) is 9.15 Å². The lowest BCUT2D eigenvalue weighted by Crippen LogP contribution is -2.26. The standard InChI is InChI=1S/C20H22N2O4S/c1-14-5-4-6-18(13-14)27(23,24)21-12-11-19-15(2)26-20(22-19)16-7-9-17(25-3)10-8-16/h4-10,13,21H,11-12H2,1-3H3. The highest BCUT2D eigenvalue weighted by Crippen LogP contribution is 2.24. The number of hydrogen-bond acceptors (Lipinski definition) is 5. The first-order valence-electron chi connectivity index (χ1n) is 8.56. The number of rotatable bonds is 7. The van der Waals surface area contributed by atoms with Gasteiger partial charge >= 0.3 is 0 Å². The number of oxazole rings is 1. The van der Waals surface area contributed by atoms with Crippen molar-refractivity contribution in [2.45, 2.75) is 25.2 Å². The van der Waals surface area contributed by atoms with Crippen molar-refractivity contribution in [2.75, 3.05) is 13.7 Å². The molecule has 1 aromatic heterocycles. The number of methoxy groups -OCH3 is 1. The average Bonchev–Trinajstić information content (AvgIpc) is 3.02. The van der Waals surface area contributed by atoms with Crippen molar-refractivity contribution in [3.63, 3.8) is 0 Å². The van der Waals surface area contributed by atoms with Crippen LogP contribution in [0, 0.1) is 13.8 Å². The molecule has 2 aromatic carbocycles. The fourth-order valence-electron chi connectivity index (χ4n) is 2.69. The molecule has 3 aromatic rings. The SMILES string of the molecule is COc1ccc(-c2nc(CCNS(=O)(=O)c3cccc(C)c3)c(C)o2)cc1. The predicted octanol–water partition coefficient (Wildman–Crippen LogP) is 3.49. The Hall–Kier alpha value is -2.64. The molecule has 0 aliphatic carbocycles. The van der Waals surface area contributed by atoms with E-state index in [2.05, 4.69) is 9.71 Å². The van der Waals surface area contributed by atoms with Crippen molar-refractivity contribution >= 4 is 10.0 Å². The zero-order chi connectivity index (χ0) is 19.4. The highest BCUT2D eigenvalue weighted by molar-refractivity contribution is 7.89. The summed E-state index contributed by atoms with van der Waals surface area (Å²) in [6.45, 7) is 3.93. The Kier molecular flexibility index (Phi) is 5.62. The van der Waals surface area contributed by atoms with Gasteiger partial charge in [0.1, 0.15) is 11.5 Å². The molecule has 0 saturated heterocycles. The van der Waals surface area contributed by atoms with Gasteiger partial charge in [-0.2, -0.15) is 0 Å². The lowest BCUT2D eigenvalue weighted by atomic mass is 10.2. The minimum absolute atomic E-state index is 0.242. The molecule has 6 nitrogen and oxygen atoms in total. The minimum atomic E-state index is -3.54. The lowest BCUT2D eigenvalue weighted by molar-refractivity contribution is 0.415. The Morgan fingerprint density at radius 2 is 1.85 bits per heavy atom. The van der Waals surface area contributed by atoms with E-state index in [-0.39, 0.29) is 11.4 Å². The maximum absolute atomic E-state index is 12.4. The van der Waals surface area contributed by atoms with E-state index in [0.29, 0.717) is 18.1 Å². The average molecular weight is 386 g/mol. The quantitative estimate of drug-likeness (QED) is 0.672. The number of sulfonamides is 1. The fraction of sp³-hybridized carbons (Fsp3) is 0.250. The van der Waals surface area contributed by atoms with Gasteiger partial charge in [-0.3, -0.25) is 0 Å². The Bertz CT molecular complexity index is 1020. The van der Waals surface area contributed by atoms with Crippen LogP contribution in [0.2, 0.25) is 0 Å². The Morgan fingerprint density at radius 3 is 2.52 bits per heavy atom. The molecule has 0 unspecified atom stereocenters. The number of nitrogens with one attached hydrogen (secondary N) is 1. The van der Waals surface area contributed by atoms with Crippen molar-refractivity contribution in [1.29, 1.82) is 0 Å².